The lowest BCUT2D eigenvalue weighted by Gasteiger charge is -2.18. The van der Waals surface area contributed by atoms with Gasteiger partial charge < -0.3 is 15.2 Å². The van der Waals surface area contributed by atoms with Gasteiger partial charge in [-0.3, -0.25) is 0 Å². The molecule has 0 saturated carbocycles. The van der Waals surface area contributed by atoms with Gasteiger partial charge in [0.1, 0.15) is 0 Å². The van der Waals surface area contributed by atoms with Gasteiger partial charge in [-0.1, -0.05) is 13.8 Å². The second-order valence-electron chi connectivity index (χ2n) is 3.66. The lowest BCUT2D eigenvalue weighted by atomic mass is 10.3. The number of nitrogens with zero attached hydrogens (tertiary/aromatic N) is 3. The first kappa shape index (κ1) is 12.2. The quantitative estimate of drug-likeness (QED) is 0.732. The first-order chi connectivity index (χ1) is 7.31. The third-order valence-electron chi connectivity index (χ3n) is 2.78. The van der Waals surface area contributed by atoms with Gasteiger partial charge >= 0.3 is 0 Å². The van der Waals surface area contributed by atoms with Crippen LogP contribution in [0.5, 0.6) is 0 Å². The van der Waals surface area contributed by atoms with E-state index in [2.05, 4.69) is 28.3 Å². The molecule has 1 rings (SSSR count). The maximum atomic E-state index is 5.61. The van der Waals surface area contributed by atoms with Crippen LogP contribution in [-0.2, 0) is 13.1 Å². The Morgan fingerprint density at radius 3 is 2.73 bits per heavy atom. The summed E-state index contributed by atoms with van der Waals surface area (Å²) in [7, 11) is 0. The molecular weight excluding hydrogens is 188 g/mol. The van der Waals surface area contributed by atoms with E-state index in [0.717, 1.165) is 38.3 Å². The molecule has 0 fully saturated rings. The lowest BCUT2D eigenvalue weighted by Crippen LogP contribution is -2.25. The summed E-state index contributed by atoms with van der Waals surface area (Å²) in [6, 6.07) is 0. The van der Waals surface area contributed by atoms with E-state index in [0.29, 0.717) is 6.54 Å². The highest BCUT2D eigenvalue weighted by atomic mass is 15.1. The van der Waals surface area contributed by atoms with Gasteiger partial charge in [-0.25, -0.2) is 4.98 Å². The molecule has 0 aliphatic carbocycles. The topological polar surface area (TPSA) is 47.1 Å². The summed E-state index contributed by atoms with van der Waals surface area (Å²) in [6.45, 7) is 9.40. The molecule has 86 valence electrons. The van der Waals surface area contributed by atoms with Crippen LogP contribution < -0.4 is 5.73 Å². The Morgan fingerprint density at radius 2 is 2.13 bits per heavy atom. The number of hydrogen-bond donors (Lipinski definition) is 1. The Bertz CT molecular complexity index is 265. The first-order valence-corrected chi connectivity index (χ1v) is 5.73. The molecule has 0 atom stereocenters. The van der Waals surface area contributed by atoms with Gasteiger partial charge in [0.25, 0.3) is 0 Å². The largest absolute Gasteiger partial charge is 0.333 e. The van der Waals surface area contributed by atoms with Crippen molar-refractivity contribution < 1.29 is 0 Å². The molecule has 0 bridgehead atoms. The summed E-state index contributed by atoms with van der Waals surface area (Å²) in [5.41, 5.74) is 6.73. The summed E-state index contributed by atoms with van der Waals surface area (Å²) in [6.07, 6.45) is 4.87. The predicted octanol–water partition coefficient (Wildman–Crippen LogP) is 1.07. The van der Waals surface area contributed by atoms with Gasteiger partial charge in [0, 0.05) is 19.3 Å². The summed E-state index contributed by atoms with van der Waals surface area (Å²) in [5.74, 6) is 0. The van der Waals surface area contributed by atoms with Crippen LogP contribution in [0.2, 0.25) is 0 Å². The number of aromatic nitrogens is 2. The van der Waals surface area contributed by atoms with Gasteiger partial charge in [-0.05, 0) is 26.1 Å². The average Bonchev–Trinajstić information content (AvgIpc) is 2.72. The fourth-order valence-electron chi connectivity index (χ4n) is 1.72. The molecule has 0 aliphatic heterocycles. The highest BCUT2D eigenvalue weighted by Crippen LogP contribution is 2.00. The fraction of sp³-hybridized carbons (Fsp3) is 0.727. The first-order valence-electron chi connectivity index (χ1n) is 5.73. The van der Waals surface area contributed by atoms with Gasteiger partial charge in [0.05, 0.1) is 12.0 Å². The van der Waals surface area contributed by atoms with Crippen LogP contribution in [0, 0.1) is 0 Å². The maximum absolute atomic E-state index is 5.61. The Morgan fingerprint density at radius 1 is 1.40 bits per heavy atom. The summed E-state index contributed by atoms with van der Waals surface area (Å²) < 4.78 is 2.14. The van der Waals surface area contributed by atoms with Crippen molar-refractivity contribution in [3.05, 3.63) is 18.2 Å². The molecule has 0 spiro atoms. The van der Waals surface area contributed by atoms with Crippen LogP contribution in [0.3, 0.4) is 0 Å². The van der Waals surface area contributed by atoms with Crippen molar-refractivity contribution in [2.45, 2.75) is 33.4 Å². The minimum absolute atomic E-state index is 0.575. The second kappa shape index (κ2) is 6.58. The van der Waals surface area contributed by atoms with Crippen molar-refractivity contribution in [3.8, 4) is 0 Å². The summed E-state index contributed by atoms with van der Waals surface area (Å²) in [4.78, 5) is 6.53. The van der Waals surface area contributed by atoms with E-state index in [1.165, 1.54) is 0 Å². The molecule has 0 radical (unpaired) electrons. The number of nitrogens with two attached hydrogens (primary N) is 1. The Kier molecular flexibility index (Phi) is 5.36. The lowest BCUT2D eigenvalue weighted by molar-refractivity contribution is 0.292. The summed E-state index contributed by atoms with van der Waals surface area (Å²) >= 11 is 0. The van der Waals surface area contributed by atoms with Crippen molar-refractivity contribution >= 4 is 0 Å². The van der Waals surface area contributed by atoms with Crippen LogP contribution in [-0.4, -0.2) is 34.1 Å². The smallest absolute Gasteiger partial charge is 0.0948 e. The number of hydrogen-bond acceptors (Lipinski definition) is 3. The van der Waals surface area contributed by atoms with Crippen molar-refractivity contribution in [1.82, 2.24) is 14.5 Å². The fourth-order valence-corrected chi connectivity index (χ4v) is 1.72. The Balaban J connectivity index is 2.31. The molecule has 0 aliphatic rings. The van der Waals surface area contributed by atoms with E-state index in [1.54, 1.807) is 0 Å². The zero-order valence-electron chi connectivity index (χ0n) is 9.82. The minimum atomic E-state index is 0.575. The molecule has 0 saturated heterocycles. The zero-order chi connectivity index (χ0) is 11.1. The van der Waals surface area contributed by atoms with Crippen LogP contribution >= 0.6 is 0 Å². The van der Waals surface area contributed by atoms with E-state index < -0.39 is 0 Å². The van der Waals surface area contributed by atoms with E-state index >= 15 is 0 Å². The number of imidazole rings is 1. The van der Waals surface area contributed by atoms with Crippen LogP contribution in [0.15, 0.2) is 12.5 Å². The van der Waals surface area contributed by atoms with Crippen molar-refractivity contribution in [1.29, 1.82) is 0 Å². The monoisotopic (exact) mass is 210 g/mol. The molecule has 0 unspecified atom stereocenters. The van der Waals surface area contributed by atoms with Gasteiger partial charge in [-0.2, -0.15) is 0 Å². The van der Waals surface area contributed by atoms with Gasteiger partial charge in [0.2, 0.25) is 0 Å². The molecule has 1 aromatic heterocycles. The molecule has 2 N–H and O–H groups in total. The Hall–Kier alpha value is -0.870. The van der Waals surface area contributed by atoms with E-state index in [-0.39, 0.29) is 0 Å². The standard InChI is InChI=1S/C11H22N4/c1-3-14(4-2)6-5-7-15-10-13-9-11(15)8-12/h9-10H,3-8,12H2,1-2H3. The third kappa shape index (κ3) is 3.64. The maximum Gasteiger partial charge on any atom is 0.0948 e. The number of rotatable bonds is 7. The number of aryl methyl sites for hydroxylation is 1. The predicted molar refractivity (Wildman–Crippen MR) is 62.5 cm³/mol. The third-order valence-corrected chi connectivity index (χ3v) is 2.78. The highest BCUT2D eigenvalue weighted by Gasteiger charge is 2.01. The SMILES string of the molecule is CCN(CC)CCCn1cncc1CN. The second-order valence-corrected chi connectivity index (χ2v) is 3.66. The Labute approximate surface area is 92.1 Å². The van der Waals surface area contributed by atoms with Gasteiger partial charge in [-0.15, -0.1) is 0 Å². The molecule has 1 aromatic rings. The van der Waals surface area contributed by atoms with Crippen LogP contribution in [0.4, 0.5) is 0 Å². The average molecular weight is 210 g/mol. The molecule has 4 nitrogen and oxygen atoms in total. The molecule has 4 heteroatoms. The minimum Gasteiger partial charge on any atom is -0.333 e. The molecule has 15 heavy (non-hydrogen) atoms. The van der Waals surface area contributed by atoms with E-state index in [9.17, 15) is 0 Å². The van der Waals surface area contributed by atoms with E-state index in [1.807, 2.05) is 12.5 Å². The molecular formula is C11H22N4. The molecule has 1 heterocycles. The normalized spacial score (nSPS) is 11.2. The van der Waals surface area contributed by atoms with Crippen LogP contribution in [0.1, 0.15) is 26.0 Å². The van der Waals surface area contributed by atoms with Crippen molar-refractivity contribution in [2.24, 2.45) is 5.73 Å². The summed E-state index contributed by atoms with van der Waals surface area (Å²) in [5, 5.41) is 0. The highest BCUT2D eigenvalue weighted by molar-refractivity contribution is 4.96. The van der Waals surface area contributed by atoms with Gasteiger partial charge in [0.15, 0.2) is 0 Å². The molecule has 0 amide bonds. The van der Waals surface area contributed by atoms with Crippen LogP contribution in [0.25, 0.3) is 0 Å². The molecule has 0 aromatic carbocycles. The zero-order valence-corrected chi connectivity index (χ0v) is 9.82. The van der Waals surface area contributed by atoms with Crippen molar-refractivity contribution in [2.75, 3.05) is 19.6 Å². The van der Waals surface area contributed by atoms with E-state index in [4.69, 9.17) is 5.73 Å². The van der Waals surface area contributed by atoms with Crippen molar-refractivity contribution in [3.63, 3.8) is 0 Å².